The van der Waals surface area contributed by atoms with Crippen molar-refractivity contribution in [3.63, 3.8) is 0 Å². The molecule has 0 aliphatic rings. The molecule has 4 rings (SSSR count). The summed E-state index contributed by atoms with van der Waals surface area (Å²) in [6.45, 7) is 7.02. The standard InChI is InChI=1S/C21H23N7O/c1-3-26(4-2)13-16-11-23-20-19(12-24-28(20)14-16)21(29)25-17-5-7-18(8-6-17)27-10-9-22-15-27/h5-12,14-15H,3-4,13H2,1-2H3,(H,25,29). The molecule has 8 nitrogen and oxygen atoms in total. The van der Waals surface area contributed by atoms with Gasteiger partial charge in [0, 0.05) is 48.3 Å². The molecule has 1 N–H and O–H groups in total. The molecule has 0 aliphatic heterocycles. The monoisotopic (exact) mass is 389 g/mol. The number of hydrogen-bond acceptors (Lipinski definition) is 5. The zero-order valence-corrected chi connectivity index (χ0v) is 16.5. The Bertz CT molecular complexity index is 1100. The van der Waals surface area contributed by atoms with Crippen LogP contribution in [0.3, 0.4) is 0 Å². The lowest BCUT2D eigenvalue weighted by molar-refractivity contribution is 0.102. The average Bonchev–Trinajstić information content (AvgIpc) is 3.42. The number of carbonyl (C=O) groups excluding carboxylic acids is 1. The second kappa shape index (κ2) is 8.24. The highest BCUT2D eigenvalue weighted by molar-refractivity contribution is 6.08. The molecule has 4 aromatic rings. The molecule has 0 unspecified atom stereocenters. The highest BCUT2D eigenvalue weighted by atomic mass is 16.1. The van der Waals surface area contributed by atoms with Crippen LogP contribution in [0.5, 0.6) is 0 Å². The minimum absolute atomic E-state index is 0.237. The van der Waals surface area contributed by atoms with Gasteiger partial charge in [-0.2, -0.15) is 5.10 Å². The first-order valence-corrected chi connectivity index (χ1v) is 9.62. The summed E-state index contributed by atoms with van der Waals surface area (Å²) in [5, 5.41) is 7.22. The van der Waals surface area contributed by atoms with Crippen molar-refractivity contribution in [3.8, 4) is 5.69 Å². The van der Waals surface area contributed by atoms with E-state index in [0.29, 0.717) is 16.9 Å². The number of benzene rings is 1. The molecule has 1 amide bonds. The molecule has 3 aromatic heterocycles. The van der Waals surface area contributed by atoms with Crippen LogP contribution in [-0.4, -0.2) is 48.0 Å². The SMILES string of the molecule is CCN(CC)Cc1cnc2c(C(=O)Nc3ccc(-n4ccnc4)cc3)cnn2c1. The summed E-state index contributed by atoms with van der Waals surface area (Å²) in [6, 6.07) is 7.55. The molecule has 29 heavy (non-hydrogen) atoms. The summed E-state index contributed by atoms with van der Waals surface area (Å²) in [7, 11) is 0. The molecule has 0 aliphatic carbocycles. The maximum Gasteiger partial charge on any atom is 0.261 e. The van der Waals surface area contributed by atoms with Crippen LogP contribution < -0.4 is 5.32 Å². The van der Waals surface area contributed by atoms with Gasteiger partial charge in [-0.3, -0.25) is 9.69 Å². The molecule has 0 atom stereocenters. The number of nitrogens with zero attached hydrogens (tertiary/aromatic N) is 6. The van der Waals surface area contributed by atoms with Crippen molar-refractivity contribution < 1.29 is 4.79 Å². The van der Waals surface area contributed by atoms with Crippen LogP contribution in [0.1, 0.15) is 29.8 Å². The number of fused-ring (bicyclic) bond motifs is 1. The molecule has 0 radical (unpaired) electrons. The van der Waals surface area contributed by atoms with Crippen LogP contribution >= 0.6 is 0 Å². The van der Waals surface area contributed by atoms with Gasteiger partial charge in [-0.15, -0.1) is 0 Å². The first kappa shape index (κ1) is 18.8. The van der Waals surface area contributed by atoms with Crippen LogP contribution in [0.4, 0.5) is 5.69 Å². The van der Waals surface area contributed by atoms with Gasteiger partial charge in [0.25, 0.3) is 5.91 Å². The highest BCUT2D eigenvalue weighted by Crippen LogP contribution is 2.16. The van der Waals surface area contributed by atoms with Gasteiger partial charge in [-0.25, -0.2) is 14.5 Å². The van der Waals surface area contributed by atoms with E-state index in [1.54, 1.807) is 23.2 Å². The third kappa shape index (κ3) is 4.02. The van der Waals surface area contributed by atoms with E-state index in [9.17, 15) is 4.79 Å². The number of imidazole rings is 1. The summed E-state index contributed by atoms with van der Waals surface area (Å²) in [4.78, 5) is 23.5. The van der Waals surface area contributed by atoms with Gasteiger partial charge in [0.2, 0.25) is 0 Å². The van der Waals surface area contributed by atoms with E-state index in [1.807, 2.05) is 47.4 Å². The summed E-state index contributed by atoms with van der Waals surface area (Å²) < 4.78 is 3.56. The number of hydrogen-bond donors (Lipinski definition) is 1. The average molecular weight is 389 g/mol. The Labute approximate surface area is 168 Å². The van der Waals surface area contributed by atoms with E-state index < -0.39 is 0 Å². The number of carbonyl (C=O) groups is 1. The Kier molecular flexibility index (Phi) is 5.35. The lowest BCUT2D eigenvalue weighted by Crippen LogP contribution is -2.22. The molecule has 0 spiro atoms. The van der Waals surface area contributed by atoms with Crippen LogP contribution in [0.15, 0.2) is 61.6 Å². The van der Waals surface area contributed by atoms with E-state index in [2.05, 4.69) is 39.1 Å². The maximum atomic E-state index is 12.7. The zero-order valence-electron chi connectivity index (χ0n) is 16.5. The molecular weight excluding hydrogens is 366 g/mol. The number of nitrogens with one attached hydrogen (secondary N) is 1. The normalized spacial score (nSPS) is 11.3. The van der Waals surface area contributed by atoms with Crippen molar-refractivity contribution in [1.29, 1.82) is 0 Å². The smallest absolute Gasteiger partial charge is 0.261 e. The van der Waals surface area contributed by atoms with Crippen LogP contribution in [0.2, 0.25) is 0 Å². The van der Waals surface area contributed by atoms with Gasteiger partial charge >= 0.3 is 0 Å². The molecule has 3 heterocycles. The summed E-state index contributed by atoms with van der Waals surface area (Å²) in [5.41, 5.74) is 3.72. The van der Waals surface area contributed by atoms with Crippen molar-refractivity contribution in [2.75, 3.05) is 18.4 Å². The van der Waals surface area contributed by atoms with Gasteiger partial charge in [-0.1, -0.05) is 13.8 Å². The van der Waals surface area contributed by atoms with E-state index in [-0.39, 0.29) is 5.91 Å². The van der Waals surface area contributed by atoms with Gasteiger partial charge < -0.3 is 9.88 Å². The Hall–Kier alpha value is -3.52. The molecule has 8 heteroatoms. The van der Waals surface area contributed by atoms with Crippen LogP contribution in [-0.2, 0) is 6.54 Å². The minimum atomic E-state index is -0.237. The number of aromatic nitrogens is 5. The molecule has 0 bridgehead atoms. The number of amides is 1. The predicted octanol–water partition coefficient (Wildman–Crippen LogP) is 3.01. The first-order chi connectivity index (χ1) is 14.2. The fraction of sp³-hybridized carbons (Fsp3) is 0.238. The van der Waals surface area contributed by atoms with Crippen LogP contribution in [0, 0.1) is 0 Å². The van der Waals surface area contributed by atoms with Crippen molar-refractivity contribution in [3.05, 3.63) is 72.7 Å². The summed E-state index contributed by atoms with van der Waals surface area (Å²) in [6.07, 6.45) is 10.6. The summed E-state index contributed by atoms with van der Waals surface area (Å²) in [5.74, 6) is -0.237. The van der Waals surface area contributed by atoms with Crippen LogP contribution in [0.25, 0.3) is 11.3 Å². The second-order valence-corrected chi connectivity index (χ2v) is 6.72. The van der Waals surface area contributed by atoms with Gasteiger partial charge in [0.15, 0.2) is 5.65 Å². The second-order valence-electron chi connectivity index (χ2n) is 6.72. The Morgan fingerprint density at radius 1 is 1.14 bits per heavy atom. The minimum Gasteiger partial charge on any atom is -0.322 e. The third-order valence-corrected chi connectivity index (χ3v) is 4.88. The van der Waals surface area contributed by atoms with Crippen molar-refractivity contribution in [2.45, 2.75) is 20.4 Å². The Morgan fingerprint density at radius 2 is 1.93 bits per heavy atom. The first-order valence-electron chi connectivity index (χ1n) is 9.62. The maximum absolute atomic E-state index is 12.7. The molecule has 0 saturated carbocycles. The van der Waals surface area contributed by atoms with Crippen molar-refractivity contribution in [1.82, 2.24) is 29.0 Å². The van der Waals surface area contributed by atoms with E-state index in [0.717, 1.165) is 30.9 Å². The molecule has 1 aromatic carbocycles. The number of rotatable bonds is 7. The topological polar surface area (TPSA) is 80.3 Å². The van der Waals surface area contributed by atoms with Crippen molar-refractivity contribution in [2.24, 2.45) is 0 Å². The summed E-state index contributed by atoms with van der Waals surface area (Å²) >= 11 is 0. The highest BCUT2D eigenvalue weighted by Gasteiger charge is 2.15. The van der Waals surface area contributed by atoms with Gasteiger partial charge in [0.1, 0.15) is 5.56 Å². The van der Waals surface area contributed by atoms with Gasteiger partial charge in [-0.05, 0) is 37.4 Å². The quantitative estimate of drug-likeness (QED) is 0.526. The van der Waals surface area contributed by atoms with E-state index in [1.165, 1.54) is 0 Å². The lowest BCUT2D eigenvalue weighted by Gasteiger charge is -2.17. The van der Waals surface area contributed by atoms with E-state index in [4.69, 9.17) is 0 Å². The Balaban J connectivity index is 1.50. The fourth-order valence-electron chi connectivity index (χ4n) is 3.19. The zero-order chi connectivity index (χ0) is 20.2. The molecular formula is C21H23N7O. The molecule has 148 valence electrons. The van der Waals surface area contributed by atoms with Gasteiger partial charge in [0.05, 0.1) is 12.5 Å². The Morgan fingerprint density at radius 3 is 2.62 bits per heavy atom. The number of anilines is 1. The largest absolute Gasteiger partial charge is 0.322 e. The predicted molar refractivity (Wildman–Crippen MR) is 111 cm³/mol. The lowest BCUT2D eigenvalue weighted by atomic mass is 10.2. The van der Waals surface area contributed by atoms with E-state index >= 15 is 0 Å². The molecule has 0 saturated heterocycles. The van der Waals surface area contributed by atoms with Crippen molar-refractivity contribution >= 4 is 17.2 Å². The molecule has 0 fully saturated rings. The third-order valence-electron chi connectivity index (χ3n) is 4.88. The fourth-order valence-corrected chi connectivity index (χ4v) is 3.19.